The summed E-state index contributed by atoms with van der Waals surface area (Å²) in [6, 6.07) is 9.52. The van der Waals surface area contributed by atoms with Gasteiger partial charge in [-0.2, -0.15) is 5.10 Å². The lowest BCUT2D eigenvalue weighted by atomic mass is 10.1. The van der Waals surface area contributed by atoms with Crippen LogP contribution in [0.2, 0.25) is 0 Å². The number of thiophene rings is 2. The minimum absolute atomic E-state index is 0.0695. The third-order valence-corrected chi connectivity index (χ3v) is 7.13. The van der Waals surface area contributed by atoms with Gasteiger partial charge in [-0.05, 0) is 35.0 Å². The van der Waals surface area contributed by atoms with Crippen molar-refractivity contribution in [2.45, 2.75) is 17.5 Å². The predicted octanol–water partition coefficient (Wildman–Crippen LogP) is 4.82. The minimum Gasteiger partial charge on any atom is -0.467 e. The molecule has 0 spiro atoms. The molecule has 1 aliphatic rings. The van der Waals surface area contributed by atoms with Gasteiger partial charge in [-0.1, -0.05) is 17.8 Å². The minimum atomic E-state index is -0.216. The van der Waals surface area contributed by atoms with Gasteiger partial charge in [-0.25, -0.2) is 15.0 Å². The van der Waals surface area contributed by atoms with Crippen LogP contribution in [0.3, 0.4) is 0 Å². The Hall–Kier alpha value is -2.49. The van der Waals surface area contributed by atoms with Crippen molar-refractivity contribution in [2.75, 3.05) is 5.75 Å². The first-order valence-electron chi connectivity index (χ1n) is 8.57. The molecule has 0 saturated carbocycles. The number of carbonyl (C=O) groups is 1. The highest BCUT2D eigenvalue weighted by Gasteiger charge is 2.35. The third-order valence-electron chi connectivity index (χ3n) is 4.40. The predicted molar refractivity (Wildman–Crippen MR) is 112 cm³/mol. The summed E-state index contributed by atoms with van der Waals surface area (Å²) in [6.07, 6.45) is 3.82. The number of fused-ring (bicyclic) bond motifs is 1. The topological polar surface area (TPSA) is 71.6 Å². The van der Waals surface area contributed by atoms with E-state index in [1.54, 1.807) is 40.3 Å². The van der Waals surface area contributed by atoms with Crippen LogP contribution in [-0.4, -0.2) is 32.3 Å². The van der Waals surface area contributed by atoms with E-state index in [1.807, 2.05) is 41.1 Å². The molecule has 5 heterocycles. The first kappa shape index (κ1) is 17.6. The van der Waals surface area contributed by atoms with Crippen molar-refractivity contribution >= 4 is 56.3 Å². The second-order valence-corrected chi connectivity index (χ2v) is 8.91. The van der Waals surface area contributed by atoms with Gasteiger partial charge < -0.3 is 4.42 Å². The average Bonchev–Trinajstić information content (AvgIpc) is 3.49. The van der Waals surface area contributed by atoms with E-state index in [9.17, 15) is 4.79 Å². The lowest BCUT2D eigenvalue weighted by Gasteiger charge is -2.19. The molecular weight excluding hydrogens is 412 g/mol. The highest BCUT2D eigenvalue weighted by Crippen LogP contribution is 2.35. The van der Waals surface area contributed by atoms with Crippen LogP contribution in [0.25, 0.3) is 10.2 Å². The van der Waals surface area contributed by atoms with Gasteiger partial charge in [-0.15, -0.1) is 22.7 Å². The zero-order valence-electron chi connectivity index (χ0n) is 14.5. The van der Waals surface area contributed by atoms with Gasteiger partial charge in [0.1, 0.15) is 28.0 Å². The fraction of sp³-hybridized carbons (Fsp3) is 0.158. The van der Waals surface area contributed by atoms with Crippen molar-refractivity contribution in [2.24, 2.45) is 5.10 Å². The monoisotopic (exact) mass is 426 g/mol. The summed E-state index contributed by atoms with van der Waals surface area (Å²) in [5, 5.41) is 12.0. The number of nitrogens with zero attached hydrogens (tertiary/aromatic N) is 4. The summed E-state index contributed by atoms with van der Waals surface area (Å²) in [5.41, 5.74) is 0.914. The van der Waals surface area contributed by atoms with Crippen molar-refractivity contribution in [3.63, 3.8) is 0 Å². The van der Waals surface area contributed by atoms with Crippen molar-refractivity contribution < 1.29 is 9.21 Å². The zero-order chi connectivity index (χ0) is 18.9. The molecule has 1 aliphatic heterocycles. The van der Waals surface area contributed by atoms with Gasteiger partial charge in [-0.3, -0.25) is 4.79 Å². The number of furan rings is 1. The maximum Gasteiger partial charge on any atom is 0.253 e. The SMILES string of the molecule is O=C(CSc1ncnc2sccc12)N1N=C(c2cccs2)C[C@@H]1c1ccco1. The summed E-state index contributed by atoms with van der Waals surface area (Å²) in [7, 11) is 0. The normalized spacial score (nSPS) is 16.6. The number of hydrazone groups is 1. The number of thioether (sulfide) groups is 1. The Bertz CT molecular complexity index is 1140. The second kappa shape index (κ2) is 7.50. The molecule has 0 N–H and O–H groups in total. The quantitative estimate of drug-likeness (QED) is 0.338. The second-order valence-electron chi connectivity index (χ2n) is 6.10. The molecule has 0 aliphatic carbocycles. The van der Waals surface area contributed by atoms with Crippen LogP contribution in [0, 0.1) is 0 Å². The van der Waals surface area contributed by atoms with Gasteiger partial charge >= 0.3 is 0 Å². The zero-order valence-corrected chi connectivity index (χ0v) is 17.0. The highest BCUT2D eigenvalue weighted by atomic mass is 32.2. The molecule has 0 saturated heterocycles. The molecule has 5 rings (SSSR count). The molecule has 0 radical (unpaired) electrons. The Morgan fingerprint density at radius 2 is 2.18 bits per heavy atom. The molecule has 4 aromatic rings. The third kappa shape index (κ3) is 3.25. The molecule has 28 heavy (non-hydrogen) atoms. The van der Waals surface area contributed by atoms with Gasteiger partial charge in [0.15, 0.2) is 0 Å². The molecule has 0 aromatic carbocycles. The summed E-state index contributed by atoms with van der Waals surface area (Å²) in [5.74, 6) is 0.927. The molecule has 0 fully saturated rings. The van der Waals surface area contributed by atoms with Crippen LogP contribution < -0.4 is 0 Å². The fourth-order valence-electron chi connectivity index (χ4n) is 3.11. The number of aromatic nitrogens is 2. The molecule has 4 aromatic heterocycles. The Balaban J connectivity index is 1.38. The van der Waals surface area contributed by atoms with Crippen molar-refractivity contribution in [3.8, 4) is 0 Å². The largest absolute Gasteiger partial charge is 0.467 e. The standard InChI is InChI=1S/C19H14N4O2S3/c24-17(10-28-19-12-5-8-27-18(12)20-11-21-19)23-14(15-3-1-6-25-15)9-13(22-23)16-4-2-7-26-16/h1-8,11,14H,9-10H2/t14-/m1/s1. The maximum absolute atomic E-state index is 13.0. The van der Waals surface area contributed by atoms with E-state index < -0.39 is 0 Å². The van der Waals surface area contributed by atoms with Gasteiger partial charge in [0.05, 0.1) is 22.6 Å². The van der Waals surface area contributed by atoms with E-state index in [2.05, 4.69) is 15.1 Å². The lowest BCUT2D eigenvalue weighted by Crippen LogP contribution is -2.28. The molecule has 0 bridgehead atoms. The Labute approximate surface area is 172 Å². The molecule has 1 atom stereocenters. The van der Waals surface area contributed by atoms with E-state index in [0.29, 0.717) is 6.42 Å². The summed E-state index contributed by atoms with van der Waals surface area (Å²) in [4.78, 5) is 23.6. The lowest BCUT2D eigenvalue weighted by molar-refractivity contribution is -0.130. The number of hydrogen-bond acceptors (Lipinski definition) is 8. The molecule has 0 unspecified atom stereocenters. The van der Waals surface area contributed by atoms with Crippen LogP contribution >= 0.6 is 34.4 Å². The number of carbonyl (C=O) groups excluding carboxylic acids is 1. The smallest absolute Gasteiger partial charge is 0.253 e. The van der Waals surface area contributed by atoms with Crippen molar-refractivity contribution in [1.82, 2.24) is 15.0 Å². The number of hydrogen-bond donors (Lipinski definition) is 0. The number of rotatable bonds is 5. The maximum atomic E-state index is 13.0. The molecule has 1 amide bonds. The van der Waals surface area contributed by atoms with E-state index in [-0.39, 0.29) is 17.7 Å². The van der Waals surface area contributed by atoms with Crippen LogP contribution in [0.1, 0.15) is 23.1 Å². The van der Waals surface area contributed by atoms with Crippen LogP contribution in [0.4, 0.5) is 0 Å². The summed E-state index contributed by atoms with van der Waals surface area (Å²) < 4.78 is 5.58. The molecule has 140 valence electrons. The Morgan fingerprint density at radius 3 is 3.00 bits per heavy atom. The van der Waals surface area contributed by atoms with Crippen molar-refractivity contribution in [3.05, 3.63) is 64.3 Å². The van der Waals surface area contributed by atoms with Gasteiger partial charge in [0.25, 0.3) is 5.91 Å². The fourth-order valence-corrected chi connectivity index (χ4v) is 5.47. The Morgan fingerprint density at radius 1 is 1.21 bits per heavy atom. The Kier molecular flexibility index (Phi) is 4.71. The highest BCUT2D eigenvalue weighted by molar-refractivity contribution is 8.00. The van der Waals surface area contributed by atoms with Crippen LogP contribution in [0.5, 0.6) is 0 Å². The number of amides is 1. The first-order valence-corrected chi connectivity index (χ1v) is 11.3. The summed E-state index contributed by atoms with van der Waals surface area (Å²) in [6.45, 7) is 0. The summed E-state index contributed by atoms with van der Waals surface area (Å²) >= 11 is 4.61. The molecular formula is C19H14N4O2S3. The van der Waals surface area contributed by atoms with Gasteiger partial charge in [0.2, 0.25) is 0 Å². The van der Waals surface area contributed by atoms with E-state index in [0.717, 1.165) is 31.6 Å². The van der Waals surface area contributed by atoms with E-state index >= 15 is 0 Å². The molecule has 9 heteroatoms. The first-order chi connectivity index (χ1) is 13.8. The van der Waals surface area contributed by atoms with Crippen molar-refractivity contribution in [1.29, 1.82) is 0 Å². The van der Waals surface area contributed by atoms with E-state index in [1.165, 1.54) is 11.8 Å². The van der Waals surface area contributed by atoms with Crippen LogP contribution in [-0.2, 0) is 4.79 Å². The van der Waals surface area contributed by atoms with E-state index in [4.69, 9.17) is 4.42 Å². The average molecular weight is 427 g/mol. The molecule has 6 nitrogen and oxygen atoms in total. The van der Waals surface area contributed by atoms with Crippen LogP contribution in [0.15, 0.2) is 68.2 Å². The van der Waals surface area contributed by atoms with Gasteiger partial charge in [0, 0.05) is 11.8 Å².